The van der Waals surface area contributed by atoms with Crippen LogP contribution in [0.5, 0.6) is 0 Å². The highest BCUT2D eigenvalue weighted by molar-refractivity contribution is 7.10. The van der Waals surface area contributed by atoms with Crippen LogP contribution in [0.4, 0.5) is 13.6 Å². The zero-order valence-electron chi connectivity index (χ0n) is 12.1. The first kappa shape index (κ1) is 18.1. The fraction of sp³-hybridized carbons (Fsp3) is 0.615. The summed E-state index contributed by atoms with van der Waals surface area (Å²) in [5.41, 5.74) is -0.712. The summed E-state index contributed by atoms with van der Waals surface area (Å²) < 4.78 is 32.0. The maximum absolute atomic E-state index is 13.6. The maximum atomic E-state index is 13.6. The predicted molar refractivity (Wildman–Crippen MR) is 80.2 cm³/mol. The first-order valence-corrected chi connectivity index (χ1v) is 7.61. The van der Waals surface area contributed by atoms with E-state index in [0.717, 1.165) is 4.88 Å². The Morgan fingerprint density at radius 2 is 2.05 bits per heavy atom. The van der Waals surface area contributed by atoms with Crippen LogP contribution in [0.15, 0.2) is 11.4 Å². The number of halogens is 3. The molecule has 0 aromatic carbocycles. The van der Waals surface area contributed by atoms with Gasteiger partial charge in [0.25, 0.3) is 5.92 Å². The van der Waals surface area contributed by atoms with Gasteiger partial charge in [-0.15, -0.1) is 11.3 Å². The van der Waals surface area contributed by atoms with Gasteiger partial charge in [0.05, 0.1) is 18.1 Å². The minimum atomic E-state index is -3.06. The average Bonchev–Trinajstić information content (AvgIpc) is 2.70. The van der Waals surface area contributed by atoms with Gasteiger partial charge >= 0.3 is 6.09 Å². The summed E-state index contributed by atoms with van der Waals surface area (Å²) in [6, 6.07) is 1.72. The Hall–Kier alpha value is -0.920. The topological polar surface area (TPSA) is 50.4 Å². The normalized spacial score (nSPS) is 12.3. The molecule has 0 spiro atoms. The summed E-state index contributed by atoms with van der Waals surface area (Å²) in [5.74, 6) is -3.06. The van der Waals surface area contributed by atoms with Crippen molar-refractivity contribution >= 4 is 29.0 Å². The number of thiophene rings is 1. The van der Waals surface area contributed by atoms with Gasteiger partial charge in [0.1, 0.15) is 5.60 Å². The van der Waals surface area contributed by atoms with Crippen LogP contribution >= 0.6 is 22.9 Å². The lowest BCUT2D eigenvalue weighted by atomic mass is 10.2. The van der Waals surface area contributed by atoms with Gasteiger partial charge in [0.15, 0.2) is 0 Å². The first-order valence-electron chi connectivity index (χ1n) is 6.36. The number of nitrogens with one attached hydrogen (secondary N) is 2. The van der Waals surface area contributed by atoms with Crippen molar-refractivity contribution in [3.8, 4) is 0 Å². The van der Waals surface area contributed by atoms with E-state index in [9.17, 15) is 13.6 Å². The van der Waals surface area contributed by atoms with Gasteiger partial charge in [-0.1, -0.05) is 11.6 Å². The molecular formula is C13H19ClF2N2O2S. The Morgan fingerprint density at radius 1 is 1.38 bits per heavy atom. The van der Waals surface area contributed by atoms with Gasteiger partial charge in [0, 0.05) is 16.8 Å². The fourth-order valence-corrected chi connectivity index (χ4v) is 2.44. The number of amides is 1. The number of alkyl halides is 2. The lowest BCUT2D eigenvalue weighted by molar-refractivity contribution is -0.00371. The summed E-state index contributed by atoms with van der Waals surface area (Å²) in [6.07, 6.45) is -0.854. The van der Waals surface area contributed by atoms with Crippen molar-refractivity contribution in [2.45, 2.75) is 38.8 Å². The van der Waals surface area contributed by atoms with Gasteiger partial charge in [-0.05, 0) is 26.8 Å². The van der Waals surface area contributed by atoms with Gasteiger partial charge in [0.2, 0.25) is 0 Å². The molecule has 1 heterocycles. The van der Waals surface area contributed by atoms with Crippen molar-refractivity contribution in [1.82, 2.24) is 10.6 Å². The molecule has 0 atom stereocenters. The first-order chi connectivity index (χ1) is 9.57. The quantitative estimate of drug-likeness (QED) is 0.831. The molecule has 0 bridgehead atoms. The smallest absolute Gasteiger partial charge is 0.407 e. The van der Waals surface area contributed by atoms with Crippen LogP contribution in [0.1, 0.15) is 25.6 Å². The molecular weight excluding hydrogens is 322 g/mol. The zero-order chi connectivity index (χ0) is 16.1. The Labute approximate surface area is 131 Å². The third kappa shape index (κ3) is 8.18. The van der Waals surface area contributed by atoms with E-state index in [0.29, 0.717) is 11.6 Å². The number of ether oxygens (including phenoxy) is 1. The van der Waals surface area contributed by atoms with Crippen LogP contribution in [0.2, 0.25) is 5.02 Å². The second-order valence-electron chi connectivity index (χ2n) is 5.55. The number of carbonyl (C=O) groups is 1. The van der Waals surface area contributed by atoms with E-state index in [4.69, 9.17) is 16.3 Å². The molecule has 8 heteroatoms. The van der Waals surface area contributed by atoms with Crippen LogP contribution in [0, 0.1) is 0 Å². The number of hydrogen-bond donors (Lipinski definition) is 2. The molecule has 0 fully saturated rings. The van der Waals surface area contributed by atoms with E-state index in [-0.39, 0.29) is 0 Å². The lowest BCUT2D eigenvalue weighted by Gasteiger charge is -2.22. The fourth-order valence-electron chi connectivity index (χ4n) is 1.39. The Morgan fingerprint density at radius 3 is 2.57 bits per heavy atom. The van der Waals surface area contributed by atoms with E-state index in [1.165, 1.54) is 11.3 Å². The molecule has 0 saturated heterocycles. The third-order valence-corrected chi connectivity index (χ3v) is 3.48. The summed E-state index contributed by atoms with van der Waals surface area (Å²) in [7, 11) is 0. The molecule has 0 radical (unpaired) electrons. The van der Waals surface area contributed by atoms with E-state index >= 15 is 0 Å². The Balaban J connectivity index is 2.28. The molecule has 2 N–H and O–H groups in total. The van der Waals surface area contributed by atoms with Gasteiger partial charge in [-0.25, -0.2) is 13.6 Å². The molecule has 4 nitrogen and oxygen atoms in total. The van der Waals surface area contributed by atoms with Crippen LogP contribution in [0.25, 0.3) is 0 Å². The lowest BCUT2D eigenvalue weighted by Crippen LogP contribution is -2.44. The molecule has 0 aliphatic rings. The van der Waals surface area contributed by atoms with E-state index in [1.54, 1.807) is 32.2 Å². The largest absolute Gasteiger partial charge is 0.444 e. The molecule has 21 heavy (non-hydrogen) atoms. The molecule has 1 amide bonds. The van der Waals surface area contributed by atoms with Crippen molar-refractivity contribution in [2.24, 2.45) is 0 Å². The number of alkyl carbamates (subject to hydrolysis) is 1. The van der Waals surface area contributed by atoms with Crippen molar-refractivity contribution in [3.63, 3.8) is 0 Å². The van der Waals surface area contributed by atoms with E-state index in [1.807, 2.05) is 0 Å². The van der Waals surface area contributed by atoms with Crippen LogP contribution in [0.3, 0.4) is 0 Å². The molecule has 0 aliphatic heterocycles. The van der Waals surface area contributed by atoms with E-state index in [2.05, 4.69) is 10.6 Å². The number of carbonyl (C=O) groups excluding carboxylic acids is 1. The number of rotatable bonds is 6. The summed E-state index contributed by atoms with van der Waals surface area (Å²) in [5, 5.41) is 7.03. The maximum Gasteiger partial charge on any atom is 0.407 e. The monoisotopic (exact) mass is 340 g/mol. The van der Waals surface area contributed by atoms with Crippen LogP contribution in [-0.2, 0) is 11.3 Å². The van der Waals surface area contributed by atoms with E-state index < -0.39 is 30.7 Å². The van der Waals surface area contributed by atoms with Crippen molar-refractivity contribution in [3.05, 3.63) is 21.3 Å². The molecule has 1 rings (SSSR count). The Bertz CT molecular complexity index is 475. The van der Waals surface area contributed by atoms with Crippen molar-refractivity contribution in [1.29, 1.82) is 0 Å². The Kier molecular flexibility index (Phi) is 6.37. The van der Waals surface area contributed by atoms with Gasteiger partial charge < -0.3 is 15.4 Å². The van der Waals surface area contributed by atoms with Crippen molar-refractivity contribution in [2.75, 3.05) is 13.1 Å². The van der Waals surface area contributed by atoms with Crippen LogP contribution < -0.4 is 10.6 Å². The minimum absolute atomic E-state index is 0.305. The standard InChI is InChI=1S/C13H19ClF2N2O2S/c1-12(2,3)20-11(19)18-8-13(15,16)7-17-5-10-4-9(14)6-21-10/h4,6,17H,5,7-8H2,1-3H3,(H,18,19). The zero-order valence-corrected chi connectivity index (χ0v) is 13.7. The second kappa shape index (κ2) is 7.38. The summed E-state index contributed by atoms with van der Waals surface area (Å²) >= 11 is 7.14. The predicted octanol–water partition coefficient (Wildman–Crippen LogP) is 3.65. The van der Waals surface area contributed by atoms with Gasteiger partial charge in [-0.3, -0.25) is 0 Å². The third-order valence-electron chi connectivity index (χ3n) is 2.19. The van der Waals surface area contributed by atoms with Gasteiger partial charge in [-0.2, -0.15) is 0 Å². The second-order valence-corrected chi connectivity index (χ2v) is 6.98. The molecule has 1 aromatic heterocycles. The minimum Gasteiger partial charge on any atom is -0.444 e. The molecule has 120 valence electrons. The molecule has 1 aromatic rings. The highest BCUT2D eigenvalue weighted by atomic mass is 35.5. The summed E-state index contributed by atoms with van der Waals surface area (Å²) in [4.78, 5) is 12.2. The SMILES string of the molecule is CC(C)(C)OC(=O)NCC(F)(F)CNCc1cc(Cl)cs1. The van der Waals surface area contributed by atoms with Crippen LogP contribution in [-0.4, -0.2) is 30.7 Å². The molecule has 0 aliphatic carbocycles. The average molecular weight is 341 g/mol. The number of hydrogen-bond acceptors (Lipinski definition) is 4. The highest BCUT2D eigenvalue weighted by Gasteiger charge is 2.30. The highest BCUT2D eigenvalue weighted by Crippen LogP contribution is 2.19. The molecule has 0 unspecified atom stereocenters. The summed E-state index contributed by atoms with van der Waals surface area (Å²) in [6.45, 7) is 3.98. The molecule has 0 saturated carbocycles. The van der Waals surface area contributed by atoms with Crippen molar-refractivity contribution < 1.29 is 18.3 Å².